The van der Waals surface area contributed by atoms with E-state index < -0.39 is 0 Å². The summed E-state index contributed by atoms with van der Waals surface area (Å²) >= 11 is 5.11. The van der Waals surface area contributed by atoms with Gasteiger partial charge in [0.25, 0.3) is 0 Å². The molecule has 0 aliphatic rings. The Balaban J connectivity index is 2.20. The largest absolute Gasteiger partial charge is 0.373 e. The summed E-state index contributed by atoms with van der Waals surface area (Å²) in [6, 6.07) is 14.1. The molecule has 0 spiro atoms. The zero-order valence-corrected chi connectivity index (χ0v) is 11.2. The Bertz CT molecular complexity index is 488. The molecule has 1 aromatic heterocycles. The van der Waals surface area contributed by atoms with Gasteiger partial charge in [-0.1, -0.05) is 39.8 Å². The third-order valence-corrected chi connectivity index (χ3v) is 3.42. The molecule has 1 heterocycles. The van der Waals surface area contributed by atoms with Gasteiger partial charge in [-0.25, -0.2) is 4.98 Å². The highest BCUT2D eigenvalue weighted by molar-refractivity contribution is 9.10. The number of hydrogen-bond acceptors (Lipinski definition) is 3. The fourth-order valence-corrected chi connectivity index (χ4v) is 2.68. The summed E-state index contributed by atoms with van der Waals surface area (Å²) in [5, 5.41) is 4.02. The van der Waals surface area contributed by atoms with E-state index >= 15 is 0 Å². The second kappa shape index (κ2) is 5.37. The van der Waals surface area contributed by atoms with Crippen LogP contribution in [0.25, 0.3) is 0 Å². The molecule has 0 bridgehead atoms. The van der Waals surface area contributed by atoms with Crippen molar-refractivity contribution in [1.29, 1.82) is 0 Å². The van der Waals surface area contributed by atoms with Crippen LogP contribution in [0.1, 0.15) is 0 Å². The van der Waals surface area contributed by atoms with Crippen LogP contribution < -0.4 is 5.32 Å². The summed E-state index contributed by atoms with van der Waals surface area (Å²) < 4.78 is 1.09. The number of hydrogen-bond donors (Lipinski definition) is 1. The van der Waals surface area contributed by atoms with E-state index in [1.54, 1.807) is 11.8 Å². The van der Waals surface area contributed by atoms with Gasteiger partial charge in [0.05, 0.1) is 0 Å². The van der Waals surface area contributed by atoms with Crippen molar-refractivity contribution >= 4 is 33.5 Å². The van der Waals surface area contributed by atoms with Crippen LogP contribution in [-0.2, 0) is 0 Å². The topological polar surface area (TPSA) is 24.9 Å². The molecular weight excluding hydrogens is 284 g/mol. The van der Waals surface area contributed by atoms with Crippen molar-refractivity contribution < 1.29 is 0 Å². The van der Waals surface area contributed by atoms with Gasteiger partial charge in [0.15, 0.2) is 0 Å². The van der Waals surface area contributed by atoms with E-state index in [1.165, 1.54) is 4.90 Å². The first-order valence-corrected chi connectivity index (χ1v) is 6.47. The van der Waals surface area contributed by atoms with Crippen molar-refractivity contribution in [3.8, 4) is 0 Å². The van der Waals surface area contributed by atoms with Gasteiger partial charge < -0.3 is 5.32 Å². The Morgan fingerprint density at radius 3 is 2.75 bits per heavy atom. The van der Waals surface area contributed by atoms with Crippen LogP contribution in [0.5, 0.6) is 0 Å². The zero-order valence-electron chi connectivity index (χ0n) is 8.77. The average Bonchev–Trinajstić information content (AvgIpc) is 2.29. The number of nitrogens with zero attached hydrogens (tertiary/aromatic N) is 1. The third-order valence-electron chi connectivity index (χ3n) is 2.00. The summed E-state index contributed by atoms with van der Waals surface area (Å²) in [6.07, 6.45) is 0. The Labute approximate surface area is 108 Å². The second-order valence-electron chi connectivity index (χ2n) is 3.17. The summed E-state index contributed by atoms with van der Waals surface area (Å²) in [4.78, 5) is 5.63. The quantitative estimate of drug-likeness (QED) is 0.925. The van der Waals surface area contributed by atoms with Crippen molar-refractivity contribution in [2.45, 2.75) is 9.92 Å². The van der Waals surface area contributed by atoms with Gasteiger partial charge in [0.2, 0.25) is 0 Å². The smallest absolute Gasteiger partial charge is 0.127 e. The molecule has 0 unspecified atom stereocenters. The highest BCUT2D eigenvalue weighted by atomic mass is 79.9. The maximum atomic E-state index is 4.45. The molecule has 2 aromatic rings. The second-order valence-corrected chi connectivity index (χ2v) is 5.18. The van der Waals surface area contributed by atoms with Gasteiger partial charge in [-0.3, -0.25) is 0 Å². The summed E-state index contributed by atoms with van der Waals surface area (Å²) in [5.41, 5.74) is 0. The monoisotopic (exact) mass is 294 g/mol. The first-order chi connectivity index (χ1) is 7.78. The van der Waals surface area contributed by atoms with E-state index in [9.17, 15) is 0 Å². The Kier molecular flexibility index (Phi) is 3.85. The molecule has 2 rings (SSSR count). The van der Waals surface area contributed by atoms with Crippen LogP contribution in [0.2, 0.25) is 0 Å². The van der Waals surface area contributed by atoms with Crippen LogP contribution in [0.4, 0.5) is 5.82 Å². The zero-order chi connectivity index (χ0) is 11.4. The van der Waals surface area contributed by atoms with Gasteiger partial charge >= 0.3 is 0 Å². The molecule has 0 saturated carbocycles. The van der Waals surface area contributed by atoms with Gasteiger partial charge in [-0.2, -0.15) is 0 Å². The van der Waals surface area contributed by atoms with Crippen LogP contribution >= 0.6 is 27.7 Å². The Hall–Kier alpha value is -1.00. The van der Waals surface area contributed by atoms with E-state index in [0.29, 0.717) is 0 Å². The van der Waals surface area contributed by atoms with Crippen LogP contribution in [0, 0.1) is 0 Å². The molecule has 0 aliphatic heterocycles. The molecule has 1 N–H and O–H groups in total. The lowest BCUT2D eigenvalue weighted by Crippen LogP contribution is -1.91. The molecule has 0 fully saturated rings. The standard InChI is InChI=1S/C12H11BrN2S/c1-14-11-6-3-7-12(15-11)16-10-5-2-4-9(13)8-10/h2-8H,1H3,(H,14,15). The summed E-state index contributed by atoms with van der Waals surface area (Å²) in [7, 11) is 1.87. The highest BCUT2D eigenvalue weighted by Crippen LogP contribution is 2.28. The third kappa shape index (κ3) is 3.00. The molecule has 82 valence electrons. The molecular formula is C12H11BrN2S. The predicted octanol–water partition coefficient (Wildman–Crippen LogP) is 4.04. The fraction of sp³-hybridized carbons (Fsp3) is 0.0833. The van der Waals surface area contributed by atoms with Crippen molar-refractivity contribution in [3.05, 3.63) is 46.9 Å². The first kappa shape index (κ1) is 11.5. The van der Waals surface area contributed by atoms with Gasteiger partial charge in [0.1, 0.15) is 10.8 Å². The van der Waals surface area contributed by atoms with E-state index in [1.807, 2.05) is 37.4 Å². The number of rotatable bonds is 3. The lowest BCUT2D eigenvalue weighted by molar-refractivity contribution is 1.12. The molecule has 16 heavy (non-hydrogen) atoms. The van der Waals surface area contributed by atoms with E-state index in [4.69, 9.17) is 0 Å². The SMILES string of the molecule is CNc1cccc(Sc2cccc(Br)c2)n1. The van der Waals surface area contributed by atoms with Crippen molar-refractivity contribution in [1.82, 2.24) is 4.98 Å². The summed E-state index contributed by atoms with van der Waals surface area (Å²) in [5.74, 6) is 0.889. The number of aromatic nitrogens is 1. The Morgan fingerprint density at radius 2 is 2.00 bits per heavy atom. The number of benzene rings is 1. The normalized spacial score (nSPS) is 10.1. The molecule has 4 heteroatoms. The highest BCUT2D eigenvalue weighted by Gasteiger charge is 2.00. The minimum atomic E-state index is 0.889. The molecule has 0 aliphatic carbocycles. The van der Waals surface area contributed by atoms with E-state index in [2.05, 4.69) is 38.4 Å². The molecule has 0 saturated heterocycles. The average molecular weight is 295 g/mol. The molecule has 1 aromatic carbocycles. The van der Waals surface area contributed by atoms with Gasteiger partial charge in [0, 0.05) is 16.4 Å². The molecule has 0 amide bonds. The predicted molar refractivity (Wildman–Crippen MR) is 72.0 cm³/mol. The lowest BCUT2D eigenvalue weighted by atomic mass is 10.4. The number of anilines is 1. The molecule has 2 nitrogen and oxygen atoms in total. The lowest BCUT2D eigenvalue weighted by Gasteiger charge is -2.03. The minimum Gasteiger partial charge on any atom is -0.373 e. The van der Waals surface area contributed by atoms with Crippen LogP contribution in [0.15, 0.2) is 56.9 Å². The Morgan fingerprint density at radius 1 is 1.19 bits per heavy atom. The first-order valence-electron chi connectivity index (χ1n) is 4.86. The van der Waals surface area contributed by atoms with Gasteiger partial charge in [-0.15, -0.1) is 0 Å². The maximum Gasteiger partial charge on any atom is 0.127 e. The number of halogens is 1. The van der Waals surface area contributed by atoms with E-state index in [0.717, 1.165) is 15.3 Å². The fourth-order valence-electron chi connectivity index (χ4n) is 1.26. The van der Waals surface area contributed by atoms with Crippen molar-refractivity contribution in [2.24, 2.45) is 0 Å². The van der Waals surface area contributed by atoms with E-state index in [-0.39, 0.29) is 0 Å². The number of pyridine rings is 1. The van der Waals surface area contributed by atoms with Crippen LogP contribution in [0.3, 0.4) is 0 Å². The maximum absolute atomic E-state index is 4.45. The van der Waals surface area contributed by atoms with Crippen LogP contribution in [-0.4, -0.2) is 12.0 Å². The molecule has 0 atom stereocenters. The van der Waals surface area contributed by atoms with Gasteiger partial charge in [-0.05, 0) is 30.3 Å². The number of nitrogens with one attached hydrogen (secondary N) is 1. The molecule has 0 radical (unpaired) electrons. The van der Waals surface area contributed by atoms with Crippen molar-refractivity contribution in [3.63, 3.8) is 0 Å². The van der Waals surface area contributed by atoms with Crippen molar-refractivity contribution in [2.75, 3.05) is 12.4 Å². The minimum absolute atomic E-state index is 0.889. The summed E-state index contributed by atoms with van der Waals surface area (Å²) in [6.45, 7) is 0.